The molecule has 0 aliphatic carbocycles. The molecule has 2 aromatic carbocycles. The lowest BCUT2D eigenvalue weighted by molar-refractivity contribution is -0.120. The fraction of sp³-hybridized carbons (Fsp3) is 0.381. The second kappa shape index (κ2) is 8.69. The highest BCUT2D eigenvalue weighted by Crippen LogP contribution is 2.35. The van der Waals surface area contributed by atoms with E-state index in [1.54, 1.807) is 0 Å². The van der Waals surface area contributed by atoms with Crippen molar-refractivity contribution in [1.29, 1.82) is 0 Å². The molecule has 2 aromatic rings. The van der Waals surface area contributed by atoms with Crippen LogP contribution in [-0.2, 0) is 14.9 Å². The largest absolute Gasteiger partial charge is 0.381 e. The lowest BCUT2D eigenvalue weighted by Crippen LogP contribution is -2.46. The highest BCUT2D eigenvalue weighted by atomic mass is 79.9. The second-order valence-corrected chi connectivity index (χ2v) is 7.79. The summed E-state index contributed by atoms with van der Waals surface area (Å²) in [6.45, 7) is 2.43. The van der Waals surface area contributed by atoms with E-state index < -0.39 is 0 Å². The van der Waals surface area contributed by atoms with E-state index in [2.05, 4.69) is 39.4 Å². The first-order chi connectivity index (χ1) is 12.6. The highest BCUT2D eigenvalue weighted by Gasteiger charge is 2.35. The molecule has 1 N–H and O–H groups in total. The fourth-order valence-corrected chi connectivity index (χ4v) is 3.86. The van der Waals surface area contributed by atoms with E-state index >= 15 is 0 Å². The third-order valence-electron chi connectivity index (χ3n) is 5.09. The second-order valence-electron chi connectivity index (χ2n) is 6.87. The molecule has 1 aliphatic heterocycles. The van der Waals surface area contributed by atoms with Gasteiger partial charge in [0, 0.05) is 42.4 Å². The Morgan fingerprint density at radius 2 is 1.88 bits per heavy atom. The Labute approximate surface area is 163 Å². The number of nitrogens with zero attached hydrogens (tertiary/aromatic N) is 1. The number of carbonyl (C=O) groups is 1. The molecule has 0 unspecified atom stereocenters. The summed E-state index contributed by atoms with van der Waals surface area (Å²) < 4.78 is 6.64. The van der Waals surface area contributed by atoms with Gasteiger partial charge in [-0.1, -0.05) is 46.3 Å². The zero-order valence-electron chi connectivity index (χ0n) is 15.1. The Bertz CT molecular complexity index is 730. The van der Waals surface area contributed by atoms with Crippen molar-refractivity contribution >= 4 is 27.5 Å². The minimum Gasteiger partial charge on any atom is -0.381 e. The molecule has 1 heterocycles. The number of hydrogen-bond acceptors (Lipinski definition) is 3. The van der Waals surface area contributed by atoms with Crippen molar-refractivity contribution in [1.82, 2.24) is 5.32 Å². The van der Waals surface area contributed by atoms with Gasteiger partial charge in [-0.3, -0.25) is 4.79 Å². The number of halogens is 1. The summed E-state index contributed by atoms with van der Waals surface area (Å²) in [5.74, 6) is 0.0391. The average molecular weight is 417 g/mol. The molecule has 0 spiro atoms. The zero-order chi connectivity index (χ0) is 18.4. The SMILES string of the molecule is CN(CC(=O)NCC1(c2cccc(Br)c2)CCOCC1)c1ccccc1. The van der Waals surface area contributed by atoms with Crippen LogP contribution in [-0.4, -0.2) is 39.3 Å². The Morgan fingerprint density at radius 1 is 1.15 bits per heavy atom. The molecule has 1 amide bonds. The Hall–Kier alpha value is -1.85. The van der Waals surface area contributed by atoms with Gasteiger partial charge in [-0.15, -0.1) is 0 Å². The first kappa shape index (κ1) is 18.9. The van der Waals surface area contributed by atoms with Gasteiger partial charge in [0.25, 0.3) is 0 Å². The van der Waals surface area contributed by atoms with Gasteiger partial charge >= 0.3 is 0 Å². The molecule has 138 valence electrons. The molecular weight excluding hydrogens is 392 g/mol. The molecule has 1 fully saturated rings. The number of hydrogen-bond donors (Lipinski definition) is 1. The van der Waals surface area contributed by atoms with Crippen LogP contribution >= 0.6 is 15.9 Å². The van der Waals surface area contributed by atoms with Crippen LogP contribution in [0, 0.1) is 0 Å². The summed E-state index contributed by atoms with van der Waals surface area (Å²) in [4.78, 5) is 14.5. The molecule has 26 heavy (non-hydrogen) atoms. The van der Waals surface area contributed by atoms with Gasteiger partial charge in [-0.25, -0.2) is 0 Å². The first-order valence-corrected chi connectivity index (χ1v) is 9.75. The Kier molecular flexibility index (Phi) is 6.33. The average Bonchev–Trinajstić information content (AvgIpc) is 2.68. The Morgan fingerprint density at radius 3 is 2.58 bits per heavy atom. The van der Waals surface area contributed by atoms with Crippen molar-refractivity contribution in [3.8, 4) is 0 Å². The van der Waals surface area contributed by atoms with E-state index in [9.17, 15) is 4.79 Å². The predicted molar refractivity (Wildman–Crippen MR) is 109 cm³/mol. The molecule has 1 aliphatic rings. The van der Waals surface area contributed by atoms with Crippen molar-refractivity contribution in [3.63, 3.8) is 0 Å². The topological polar surface area (TPSA) is 41.6 Å². The fourth-order valence-electron chi connectivity index (χ4n) is 3.46. The highest BCUT2D eigenvalue weighted by molar-refractivity contribution is 9.10. The molecule has 5 heteroatoms. The third-order valence-corrected chi connectivity index (χ3v) is 5.58. The van der Waals surface area contributed by atoms with Crippen molar-refractivity contribution in [2.24, 2.45) is 0 Å². The number of anilines is 1. The molecule has 3 rings (SSSR count). The van der Waals surface area contributed by atoms with Crippen molar-refractivity contribution in [2.45, 2.75) is 18.3 Å². The molecule has 4 nitrogen and oxygen atoms in total. The van der Waals surface area contributed by atoms with Crippen LogP contribution in [0.25, 0.3) is 0 Å². The quantitative estimate of drug-likeness (QED) is 0.779. The monoisotopic (exact) mass is 416 g/mol. The van der Waals surface area contributed by atoms with Crippen LogP contribution in [0.3, 0.4) is 0 Å². The number of likely N-dealkylation sites (N-methyl/N-ethyl adjacent to an activating group) is 1. The first-order valence-electron chi connectivity index (χ1n) is 8.96. The zero-order valence-corrected chi connectivity index (χ0v) is 16.7. The van der Waals surface area contributed by atoms with E-state index in [1.165, 1.54) is 5.56 Å². The standard InChI is InChI=1S/C21H25BrN2O2/c1-24(19-8-3-2-4-9-19)15-20(25)23-16-21(10-12-26-13-11-21)17-6-5-7-18(22)14-17/h2-9,14H,10-13,15-16H2,1H3,(H,23,25). The van der Waals surface area contributed by atoms with Gasteiger partial charge in [0.1, 0.15) is 0 Å². The number of amides is 1. The smallest absolute Gasteiger partial charge is 0.239 e. The maximum atomic E-state index is 12.5. The lowest BCUT2D eigenvalue weighted by atomic mass is 9.74. The molecule has 0 atom stereocenters. The predicted octanol–water partition coefficient (Wildman–Crippen LogP) is 3.75. The van der Waals surface area contributed by atoms with Gasteiger partial charge in [0.2, 0.25) is 5.91 Å². The maximum Gasteiger partial charge on any atom is 0.239 e. The van der Waals surface area contributed by atoms with E-state index in [0.717, 1.165) is 36.2 Å². The number of rotatable bonds is 6. The van der Waals surface area contributed by atoms with Crippen LogP contribution in [0.15, 0.2) is 59.1 Å². The number of ether oxygens (including phenoxy) is 1. The molecule has 0 saturated carbocycles. The minimum absolute atomic E-state index is 0.0391. The number of para-hydroxylation sites is 1. The van der Waals surface area contributed by atoms with Gasteiger partial charge < -0.3 is 15.0 Å². The van der Waals surface area contributed by atoms with Crippen LogP contribution in [0.1, 0.15) is 18.4 Å². The van der Waals surface area contributed by atoms with Crippen molar-refractivity contribution in [2.75, 3.05) is 38.3 Å². The van der Waals surface area contributed by atoms with Crippen LogP contribution < -0.4 is 10.2 Å². The maximum absolute atomic E-state index is 12.5. The summed E-state index contributed by atoms with van der Waals surface area (Å²) in [6, 6.07) is 18.4. The summed E-state index contributed by atoms with van der Waals surface area (Å²) in [6.07, 6.45) is 1.83. The van der Waals surface area contributed by atoms with Gasteiger partial charge in [-0.05, 0) is 42.7 Å². The van der Waals surface area contributed by atoms with E-state index in [0.29, 0.717) is 13.1 Å². The van der Waals surface area contributed by atoms with Crippen molar-refractivity contribution in [3.05, 3.63) is 64.6 Å². The molecule has 0 aromatic heterocycles. The summed E-state index contributed by atoms with van der Waals surface area (Å²) in [7, 11) is 1.94. The van der Waals surface area contributed by atoms with E-state index in [4.69, 9.17) is 4.74 Å². The molecule has 0 radical (unpaired) electrons. The number of benzene rings is 2. The minimum atomic E-state index is -0.0665. The summed E-state index contributed by atoms with van der Waals surface area (Å²) >= 11 is 3.57. The van der Waals surface area contributed by atoms with E-state index in [-0.39, 0.29) is 11.3 Å². The molecular formula is C21H25BrN2O2. The van der Waals surface area contributed by atoms with Gasteiger partial charge in [-0.2, -0.15) is 0 Å². The van der Waals surface area contributed by atoms with Gasteiger partial charge in [0.05, 0.1) is 6.54 Å². The van der Waals surface area contributed by atoms with Crippen molar-refractivity contribution < 1.29 is 9.53 Å². The Balaban J connectivity index is 1.65. The van der Waals surface area contributed by atoms with Crippen LogP contribution in [0.4, 0.5) is 5.69 Å². The number of carbonyl (C=O) groups excluding carboxylic acids is 1. The summed E-state index contributed by atoms with van der Waals surface area (Å²) in [5.41, 5.74) is 2.23. The number of nitrogens with one attached hydrogen (secondary N) is 1. The lowest BCUT2D eigenvalue weighted by Gasteiger charge is -2.38. The normalized spacial score (nSPS) is 16.1. The van der Waals surface area contributed by atoms with E-state index in [1.807, 2.05) is 48.3 Å². The third kappa shape index (κ3) is 4.65. The van der Waals surface area contributed by atoms with Gasteiger partial charge in [0.15, 0.2) is 0 Å². The summed E-state index contributed by atoms with van der Waals surface area (Å²) in [5, 5.41) is 3.16. The molecule has 0 bridgehead atoms. The van der Waals surface area contributed by atoms with Crippen LogP contribution in [0.5, 0.6) is 0 Å². The molecule has 1 saturated heterocycles. The van der Waals surface area contributed by atoms with Crippen LogP contribution in [0.2, 0.25) is 0 Å².